The second-order valence-corrected chi connectivity index (χ2v) is 3.66. The average Bonchev–Trinajstić information content (AvgIpc) is 2.49. The minimum Gasteiger partial charge on any atom is -0.481 e. The monoisotopic (exact) mass is 176 g/mol. The summed E-state index contributed by atoms with van der Waals surface area (Å²) in [4.78, 5) is 10.8. The molecule has 0 saturated carbocycles. The summed E-state index contributed by atoms with van der Waals surface area (Å²) in [7, 11) is 0. The van der Waals surface area contributed by atoms with Gasteiger partial charge in [-0.05, 0) is 36.5 Å². The molecule has 1 aliphatic carbocycles. The molecular weight excluding hydrogens is 164 g/mol. The van der Waals surface area contributed by atoms with Crippen LogP contribution in [0, 0.1) is 12.8 Å². The van der Waals surface area contributed by atoms with Gasteiger partial charge in [0.15, 0.2) is 0 Å². The molecule has 0 bridgehead atoms. The van der Waals surface area contributed by atoms with E-state index in [9.17, 15) is 4.79 Å². The van der Waals surface area contributed by atoms with Gasteiger partial charge in [-0.2, -0.15) is 0 Å². The summed E-state index contributed by atoms with van der Waals surface area (Å²) in [5.74, 6) is -0.869. The Morgan fingerprint density at radius 1 is 1.46 bits per heavy atom. The van der Waals surface area contributed by atoms with E-state index in [1.54, 1.807) is 0 Å². The first-order valence-corrected chi connectivity index (χ1v) is 4.48. The lowest BCUT2D eigenvalue weighted by molar-refractivity contribution is -0.141. The summed E-state index contributed by atoms with van der Waals surface area (Å²) in [5.41, 5.74) is 3.68. The molecule has 2 rings (SSSR count). The van der Waals surface area contributed by atoms with Crippen molar-refractivity contribution in [2.75, 3.05) is 0 Å². The van der Waals surface area contributed by atoms with E-state index in [2.05, 4.69) is 0 Å². The fourth-order valence-corrected chi connectivity index (χ4v) is 2.01. The van der Waals surface area contributed by atoms with Crippen molar-refractivity contribution >= 4 is 5.97 Å². The second-order valence-electron chi connectivity index (χ2n) is 3.66. The number of hydrogen-bond donors (Lipinski definition) is 1. The van der Waals surface area contributed by atoms with Crippen molar-refractivity contribution in [2.24, 2.45) is 5.92 Å². The van der Waals surface area contributed by atoms with Gasteiger partial charge in [0.2, 0.25) is 0 Å². The lowest BCUT2D eigenvalue weighted by atomic mass is 10.0. The van der Waals surface area contributed by atoms with Crippen molar-refractivity contribution in [1.29, 1.82) is 0 Å². The summed E-state index contributed by atoms with van der Waals surface area (Å²) < 4.78 is 0. The van der Waals surface area contributed by atoms with Crippen molar-refractivity contribution in [3.63, 3.8) is 0 Å². The minimum absolute atomic E-state index is 0.198. The third-order valence-electron chi connectivity index (χ3n) is 2.77. The lowest BCUT2D eigenvalue weighted by Gasteiger charge is -2.01. The number of rotatable bonds is 1. The van der Waals surface area contributed by atoms with Crippen LogP contribution in [0.5, 0.6) is 0 Å². The Hall–Kier alpha value is -1.31. The Balaban J connectivity index is 2.35. The maximum Gasteiger partial charge on any atom is 0.307 e. The van der Waals surface area contributed by atoms with Crippen molar-refractivity contribution < 1.29 is 9.90 Å². The zero-order valence-electron chi connectivity index (χ0n) is 7.58. The van der Waals surface area contributed by atoms with Gasteiger partial charge >= 0.3 is 5.97 Å². The van der Waals surface area contributed by atoms with E-state index in [1.807, 2.05) is 25.1 Å². The number of aryl methyl sites for hydroxylation is 1. The first-order chi connectivity index (χ1) is 6.18. The average molecular weight is 176 g/mol. The number of carboxylic acids is 1. The first-order valence-electron chi connectivity index (χ1n) is 4.48. The predicted octanol–water partition coefficient (Wildman–Crippen LogP) is 1.79. The van der Waals surface area contributed by atoms with Crippen LogP contribution in [-0.2, 0) is 17.6 Å². The molecule has 13 heavy (non-hydrogen) atoms. The van der Waals surface area contributed by atoms with E-state index in [-0.39, 0.29) is 5.92 Å². The van der Waals surface area contributed by atoms with Gasteiger partial charge < -0.3 is 5.11 Å². The molecule has 1 unspecified atom stereocenters. The molecule has 68 valence electrons. The Morgan fingerprint density at radius 2 is 2.23 bits per heavy atom. The van der Waals surface area contributed by atoms with Gasteiger partial charge in [0.1, 0.15) is 0 Å². The molecule has 0 amide bonds. The number of fused-ring (bicyclic) bond motifs is 1. The molecule has 1 aromatic rings. The lowest BCUT2D eigenvalue weighted by Crippen LogP contribution is -2.12. The molecule has 0 fully saturated rings. The van der Waals surface area contributed by atoms with Crippen LogP contribution in [0.3, 0.4) is 0 Å². The fraction of sp³-hybridized carbons (Fsp3) is 0.364. The summed E-state index contributed by atoms with van der Waals surface area (Å²) >= 11 is 0. The Labute approximate surface area is 77.2 Å². The van der Waals surface area contributed by atoms with Crippen LogP contribution >= 0.6 is 0 Å². The van der Waals surface area contributed by atoms with Crippen LogP contribution in [-0.4, -0.2) is 11.1 Å². The molecule has 0 aromatic heterocycles. The van der Waals surface area contributed by atoms with E-state index < -0.39 is 5.97 Å². The van der Waals surface area contributed by atoms with Crippen LogP contribution in [0.25, 0.3) is 0 Å². The molecule has 0 heterocycles. The largest absolute Gasteiger partial charge is 0.481 e. The number of carbonyl (C=O) groups is 1. The Bertz CT molecular complexity index is 355. The highest BCUT2D eigenvalue weighted by Gasteiger charge is 2.27. The Kier molecular flexibility index (Phi) is 1.83. The van der Waals surface area contributed by atoms with E-state index in [1.165, 1.54) is 16.7 Å². The highest BCUT2D eigenvalue weighted by Crippen LogP contribution is 2.28. The highest BCUT2D eigenvalue weighted by molar-refractivity contribution is 5.72. The molecule has 0 saturated heterocycles. The summed E-state index contributed by atoms with van der Waals surface area (Å²) in [6.45, 7) is 2.04. The SMILES string of the molecule is Cc1cccc2c1CC(C(=O)O)C2. The summed E-state index contributed by atoms with van der Waals surface area (Å²) in [6.07, 6.45) is 1.41. The van der Waals surface area contributed by atoms with Gasteiger partial charge in [0.05, 0.1) is 5.92 Å². The summed E-state index contributed by atoms with van der Waals surface area (Å²) in [6, 6.07) is 6.08. The van der Waals surface area contributed by atoms with Gasteiger partial charge in [0, 0.05) is 0 Å². The van der Waals surface area contributed by atoms with E-state index >= 15 is 0 Å². The molecule has 2 heteroatoms. The minimum atomic E-state index is -0.671. The molecule has 0 aliphatic heterocycles. The standard InChI is InChI=1S/C11H12O2/c1-7-3-2-4-8-5-9(11(12)13)6-10(7)8/h2-4,9H,5-6H2,1H3,(H,12,13). The van der Waals surface area contributed by atoms with Gasteiger partial charge in [-0.3, -0.25) is 4.79 Å². The molecule has 0 spiro atoms. The zero-order chi connectivity index (χ0) is 9.42. The topological polar surface area (TPSA) is 37.3 Å². The zero-order valence-corrected chi connectivity index (χ0v) is 7.58. The fourth-order valence-electron chi connectivity index (χ4n) is 2.01. The van der Waals surface area contributed by atoms with Crippen LogP contribution in [0.4, 0.5) is 0 Å². The molecule has 2 nitrogen and oxygen atoms in total. The number of aliphatic carboxylic acids is 1. The molecule has 0 radical (unpaired) electrons. The van der Waals surface area contributed by atoms with Crippen molar-refractivity contribution in [2.45, 2.75) is 19.8 Å². The van der Waals surface area contributed by atoms with Gasteiger partial charge in [-0.1, -0.05) is 18.2 Å². The van der Waals surface area contributed by atoms with Gasteiger partial charge in [-0.25, -0.2) is 0 Å². The molecule has 1 aromatic carbocycles. The molecular formula is C11H12O2. The van der Waals surface area contributed by atoms with Crippen LogP contribution in [0.15, 0.2) is 18.2 Å². The number of carboxylic acid groups (broad SMARTS) is 1. The number of benzene rings is 1. The predicted molar refractivity (Wildman–Crippen MR) is 49.7 cm³/mol. The van der Waals surface area contributed by atoms with Crippen molar-refractivity contribution in [1.82, 2.24) is 0 Å². The maximum atomic E-state index is 10.8. The van der Waals surface area contributed by atoms with E-state index in [4.69, 9.17) is 5.11 Å². The van der Waals surface area contributed by atoms with Crippen molar-refractivity contribution in [3.05, 3.63) is 34.9 Å². The van der Waals surface area contributed by atoms with Crippen LogP contribution in [0.1, 0.15) is 16.7 Å². The molecule has 1 atom stereocenters. The third kappa shape index (κ3) is 1.32. The third-order valence-corrected chi connectivity index (χ3v) is 2.77. The van der Waals surface area contributed by atoms with Crippen LogP contribution < -0.4 is 0 Å². The quantitative estimate of drug-likeness (QED) is 0.708. The first kappa shape index (κ1) is 8.30. The van der Waals surface area contributed by atoms with Gasteiger partial charge in [0.25, 0.3) is 0 Å². The molecule has 1 N–H and O–H groups in total. The Morgan fingerprint density at radius 3 is 2.85 bits per heavy atom. The summed E-state index contributed by atoms with van der Waals surface area (Å²) in [5, 5.41) is 8.88. The molecule has 1 aliphatic rings. The highest BCUT2D eigenvalue weighted by atomic mass is 16.4. The normalized spacial score (nSPS) is 19.9. The van der Waals surface area contributed by atoms with Crippen LogP contribution in [0.2, 0.25) is 0 Å². The second kappa shape index (κ2) is 2.87. The number of hydrogen-bond acceptors (Lipinski definition) is 1. The maximum absolute atomic E-state index is 10.8. The van der Waals surface area contributed by atoms with Gasteiger partial charge in [-0.15, -0.1) is 0 Å². The van der Waals surface area contributed by atoms with Crippen molar-refractivity contribution in [3.8, 4) is 0 Å². The smallest absolute Gasteiger partial charge is 0.307 e. The van der Waals surface area contributed by atoms with E-state index in [0.29, 0.717) is 12.8 Å². The van der Waals surface area contributed by atoms with E-state index in [0.717, 1.165) is 0 Å².